The van der Waals surface area contributed by atoms with E-state index in [-0.39, 0.29) is 5.82 Å². The lowest BCUT2D eigenvalue weighted by molar-refractivity contribution is 0.561. The van der Waals surface area contributed by atoms with E-state index in [1.165, 1.54) is 23.4 Å². The Kier molecular flexibility index (Phi) is 3.43. The first-order valence-electron chi connectivity index (χ1n) is 4.90. The van der Waals surface area contributed by atoms with Crippen molar-refractivity contribution < 1.29 is 4.39 Å². The van der Waals surface area contributed by atoms with E-state index in [4.69, 9.17) is 0 Å². The molecule has 1 heterocycles. The normalized spacial score (nSPS) is 22.2. The van der Waals surface area contributed by atoms with Crippen LogP contribution < -0.4 is 5.32 Å². The van der Waals surface area contributed by atoms with Gasteiger partial charge in [0.1, 0.15) is 5.82 Å². The summed E-state index contributed by atoms with van der Waals surface area (Å²) in [6.07, 6.45) is 1.01. The second kappa shape index (κ2) is 4.80. The predicted octanol–water partition coefficient (Wildman–Crippen LogP) is 2.07. The van der Waals surface area contributed by atoms with Crippen LogP contribution in [0.1, 0.15) is 5.56 Å². The van der Waals surface area contributed by atoms with Crippen LogP contribution in [0, 0.1) is 5.82 Å². The third-order valence-corrected chi connectivity index (χ3v) is 3.52. The third-order valence-electron chi connectivity index (χ3n) is 2.39. The summed E-state index contributed by atoms with van der Waals surface area (Å²) in [6, 6.07) is 7.36. The Balaban J connectivity index is 1.92. The molecule has 1 nitrogen and oxygen atoms in total. The molecule has 1 aromatic carbocycles. The van der Waals surface area contributed by atoms with Crippen LogP contribution in [0.25, 0.3) is 0 Å². The van der Waals surface area contributed by atoms with E-state index in [1.54, 1.807) is 0 Å². The topological polar surface area (TPSA) is 12.0 Å². The molecule has 1 N–H and O–H groups in total. The van der Waals surface area contributed by atoms with Crippen molar-refractivity contribution in [3.05, 3.63) is 35.6 Å². The largest absolute Gasteiger partial charge is 0.312 e. The summed E-state index contributed by atoms with van der Waals surface area (Å²) < 4.78 is 12.6. The summed E-state index contributed by atoms with van der Waals surface area (Å²) >= 11 is 1.99. The zero-order valence-corrected chi connectivity index (χ0v) is 8.82. The van der Waals surface area contributed by atoms with E-state index >= 15 is 0 Å². The van der Waals surface area contributed by atoms with E-state index < -0.39 is 0 Å². The average molecular weight is 211 g/mol. The van der Waals surface area contributed by atoms with Crippen molar-refractivity contribution in [2.75, 3.05) is 18.1 Å². The highest BCUT2D eigenvalue weighted by molar-refractivity contribution is 7.99. The first kappa shape index (κ1) is 9.99. The first-order valence-corrected chi connectivity index (χ1v) is 6.05. The molecule has 2 rings (SSSR count). The van der Waals surface area contributed by atoms with Crippen LogP contribution in [0.4, 0.5) is 4.39 Å². The van der Waals surface area contributed by atoms with Crippen molar-refractivity contribution in [3.8, 4) is 0 Å². The number of benzene rings is 1. The second-order valence-corrected chi connectivity index (χ2v) is 4.71. The van der Waals surface area contributed by atoms with Crippen molar-refractivity contribution in [3.63, 3.8) is 0 Å². The summed E-state index contributed by atoms with van der Waals surface area (Å²) in [5, 5.41) is 3.47. The molecular formula is C11H14FNS. The van der Waals surface area contributed by atoms with Gasteiger partial charge in [-0.1, -0.05) is 12.1 Å². The van der Waals surface area contributed by atoms with Gasteiger partial charge in [-0.2, -0.15) is 11.8 Å². The molecule has 0 spiro atoms. The van der Waals surface area contributed by atoms with Gasteiger partial charge in [0.15, 0.2) is 0 Å². The summed E-state index contributed by atoms with van der Waals surface area (Å²) in [7, 11) is 0. The number of rotatable bonds is 2. The van der Waals surface area contributed by atoms with E-state index in [2.05, 4.69) is 5.32 Å². The van der Waals surface area contributed by atoms with Gasteiger partial charge in [-0.25, -0.2) is 4.39 Å². The number of halogens is 1. The highest BCUT2D eigenvalue weighted by atomic mass is 32.2. The molecule has 1 fully saturated rings. The molecule has 1 unspecified atom stereocenters. The molecule has 1 aromatic rings. The van der Waals surface area contributed by atoms with Crippen LogP contribution in [-0.4, -0.2) is 24.1 Å². The Bertz CT molecular complexity index is 280. The van der Waals surface area contributed by atoms with Gasteiger partial charge >= 0.3 is 0 Å². The van der Waals surface area contributed by atoms with Crippen LogP contribution in [0.15, 0.2) is 24.3 Å². The van der Waals surface area contributed by atoms with Gasteiger partial charge in [0.05, 0.1) is 0 Å². The fourth-order valence-electron chi connectivity index (χ4n) is 1.66. The van der Waals surface area contributed by atoms with Crippen molar-refractivity contribution in [1.29, 1.82) is 0 Å². The fraction of sp³-hybridized carbons (Fsp3) is 0.455. The summed E-state index contributed by atoms with van der Waals surface area (Å²) in [4.78, 5) is 0. The molecule has 3 heteroatoms. The minimum atomic E-state index is -0.153. The number of thioether (sulfide) groups is 1. The van der Waals surface area contributed by atoms with Gasteiger partial charge in [0, 0.05) is 24.1 Å². The van der Waals surface area contributed by atoms with Crippen molar-refractivity contribution in [1.82, 2.24) is 5.32 Å². The smallest absolute Gasteiger partial charge is 0.123 e. The first-order chi connectivity index (χ1) is 6.84. The van der Waals surface area contributed by atoms with Crippen LogP contribution in [0.5, 0.6) is 0 Å². The minimum Gasteiger partial charge on any atom is -0.312 e. The summed E-state index contributed by atoms with van der Waals surface area (Å²) in [5.41, 5.74) is 1.21. The van der Waals surface area contributed by atoms with Crippen molar-refractivity contribution >= 4 is 11.8 Å². The Hall–Kier alpha value is -0.540. The average Bonchev–Trinajstić information content (AvgIpc) is 2.23. The zero-order valence-electron chi connectivity index (χ0n) is 8.00. The van der Waals surface area contributed by atoms with Crippen LogP contribution in [0.3, 0.4) is 0 Å². The molecule has 14 heavy (non-hydrogen) atoms. The van der Waals surface area contributed by atoms with E-state index in [9.17, 15) is 4.39 Å². The Morgan fingerprint density at radius 2 is 2.14 bits per heavy atom. The molecule has 0 radical (unpaired) electrons. The monoisotopic (exact) mass is 211 g/mol. The molecule has 0 aromatic heterocycles. The predicted molar refractivity (Wildman–Crippen MR) is 59.2 cm³/mol. The fourth-order valence-corrected chi connectivity index (χ4v) is 2.60. The lowest BCUT2D eigenvalue weighted by Gasteiger charge is -2.23. The van der Waals surface area contributed by atoms with Gasteiger partial charge in [-0.05, 0) is 24.1 Å². The number of hydrogen-bond donors (Lipinski definition) is 1. The van der Waals surface area contributed by atoms with Crippen LogP contribution >= 0.6 is 11.8 Å². The maximum absolute atomic E-state index is 12.6. The number of nitrogens with one attached hydrogen (secondary N) is 1. The van der Waals surface area contributed by atoms with Gasteiger partial charge in [-0.15, -0.1) is 0 Å². The van der Waals surface area contributed by atoms with Crippen molar-refractivity contribution in [2.45, 2.75) is 12.5 Å². The quantitative estimate of drug-likeness (QED) is 0.803. The van der Waals surface area contributed by atoms with Gasteiger partial charge in [0.2, 0.25) is 0 Å². The van der Waals surface area contributed by atoms with Crippen LogP contribution in [0.2, 0.25) is 0 Å². The Morgan fingerprint density at radius 3 is 2.79 bits per heavy atom. The Labute approximate surface area is 88.1 Å². The van der Waals surface area contributed by atoms with Gasteiger partial charge < -0.3 is 5.32 Å². The number of hydrogen-bond acceptors (Lipinski definition) is 2. The lowest BCUT2D eigenvalue weighted by Crippen LogP contribution is -2.38. The SMILES string of the molecule is Fc1ccc(CC2CSCCN2)cc1. The summed E-state index contributed by atoms with van der Waals surface area (Å²) in [6.45, 7) is 1.09. The molecule has 1 aliphatic rings. The minimum absolute atomic E-state index is 0.153. The molecule has 0 amide bonds. The lowest BCUT2D eigenvalue weighted by atomic mass is 10.1. The zero-order chi connectivity index (χ0) is 9.80. The highest BCUT2D eigenvalue weighted by Crippen LogP contribution is 2.12. The molecule has 1 saturated heterocycles. The van der Waals surface area contributed by atoms with E-state index in [0.717, 1.165) is 18.7 Å². The molecule has 0 saturated carbocycles. The van der Waals surface area contributed by atoms with Crippen molar-refractivity contribution in [2.24, 2.45) is 0 Å². The third kappa shape index (κ3) is 2.72. The van der Waals surface area contributed by atoms with E-state index in [1.807, 2.05) is 23.9 Å². The maximum Gasteiger partial charge on any atom is 0.123 e. The Morgan fingerprint density at radius 1 is 1.36 bits per heavy atom. The standard InChI is InChI=1S/C11H14FNS/c12-10-3-1-9(2-4-10)7-11-8-14-6-5-13-11/h1-4,11,13H,5-8H2. The summed E-state index contributed by atoms with van der Waals surface area (Å²) in [5.74, 6) is 2.22. The molecule has 1 atom stereocenters. The van der Waals surface area contributed by atoms with Gasteiger partial charge in [0.25, 0.3) is 0 Å². The van der Waals surface area contributed by atoms with Gasteiger partial charge in [-0.3, -0.25) is 0 Å². The molecule has 0 bridgehead atoms. The molecular weight excluding hydrogens is 197 g/mol. The maximum atomic E-state index is 12.6. The molecule has 76 valence electrons. The molecule has 0 aliphatic carbocycles. The second-order valence-electron chi connectivity index (χ2n) is 3.56. The highest BCUT2D eigenvalue weighted by Gasteiger charge is 2.12. The molecule has 1 aliphatic heterocycles. The van der Waals surface area contributed by atoms with Crippen LogP contribution in [-0.2, 0) is 6.42 Å². The van der Waals surface area contributed by atoms with E-state index in [0.29, 0.717) is 6.04 Å².